The van der Waals surface area contributed by atoms with Crippen molar-refractivity contribution < 1.29 is 17.2 Å². The molecular weight excluding hydrogens is 272 g/mol. The van der Waals surface area contributed by atoms with Crippen LogP contribution in [0.25, 0.3) is 5.57 Å². The highest BCUT2D eigenvalue weighted by molar-refractivity contribution is 7.90. The molecule has 1 aromatic rings. The number of allylic oxidation sites excluding steroid dienone is 2. The normalized spacial score (nSPS) is 15.6. The van der Waals surface area contributed by atoms with E-state index in [2.05, 4.69) is 4.98 Å². The smallest absolute Gasteiger partial charge is 0.193 e. The summed E-state index contributed by atoms with van der Waals surface area (Å²) in [7, 11) is -3.62. The third-order valence-corrected chi connectivity index (χ3v) is 4.26. The lowest BCUT2D eigenvalue weighted by Crippen LogP contribution is -2.09. The number of hydrogen-bond donors (Lipinski definition) is 0. The van der Waals surface area contributed by atoms with Gasteiger partial charge in [0.2, 0.25) is 0 Å². The molecule has 1 aliphatic rings. The summed E-state index contributed by atoms with van der Waals surface area (Å²) in [4.78, 5) is 3.73. The molecule has 0 atom stereocenters. The molecule has 104 valence electrons. The minimum atomic E-state index is -3.62. The van der Waals surface area contributed by atoms with Crippen molar-refractivity contribution in [3.63, 3.8) is 0 Å². The standard InChI is InChI=1S/C13H15F2NO2S/c1-19(17,18)13-11(7-15)12(9-4-2-3-5-9)10(6-14)8-16-13/h4,8H,2-3,5-7H2,1H3. The summed E-state index contributed by atoms with van der Waals surface area (Å²) in [5, 5.41) is -0.282. The minimum Gasteiger partial charge on any atom is -0.246 e. The Hall–Kier alpha value is -1.30. The predicted octanol–water partition coefficient (Wildman–Crippen LogP) is 2.99. The summed E-state index contributed by atoms with van der Waals surface area (Å²) in [6.45, 7) is -1.74. The zero-order valence-corrected chi connectivity index (χ0v) is 11.4. The van der Waals surface area contributed by atoms with Gasteiger partial charge >= 0.3 is 0 Å². The van der Waals surface area contributed by atoms with Crippen molar-refractivity contribution in [2.45, 2.75) is 37.6 Å². The van der Waals surface area contributed by atoms with Crippen molar-refractivity contribution in [3.05, 3.63) is 29.0 Å². The fraction of sp³-hybridized carbons (Fsp3) is 0.462. The van der Waals surface area contributed by atoms with E-state index in [9.17, 15) is 17.2 Å². The molecule has 19 heavy (non-hydrogen) atoms. The van der Waals surface area contributed by atoms with E-state index in [0.29, 0.717) is 12.0 Å². The first-order chi connectivity index (χ1) is 8.99. The summed E-state index contributed by atoms with van der Waals surface area (Å²) < 4.78 is 49.6. The van der Waals surface area contributed by atoms with E-state index in [4.69, 9.17) is 0 Å². The summed E-state index contributed by atoms with van der Waals surface area (Å²) in [6.07, 6.45) is 6.58. The van der Waals surface area contributed by atoms with Crippen LogP contribution in [0.2, 0.25) is 0 Å². The lowest BCUT2D eigenvalue weighted by molar-refractivity contribution is 0.463. The average molecular weight is 287 g/mol. The van der Waals surface area contributed by atoms with Crippen LogP contribution in [0.5, 0.6) is 0 Å². The number of aromatic nitrogens is 1. The van der Waals surface area contributed by atoms with E-state index in [1.807, 2.05) is 6.08 Å². The van der Waals surface area contributed by atoms with Crippen LogP contribution in [0.1, 0.15) is 36.0 Å². The van der Waals surface area contributed by atoms with Crippen LogP contribution >= 0.6 is 0 Å². The monoisotopic (exact) mass is 287 g/mol. The van der Waals surface area contributed by atoms with Crippen molar-refractivity contribution >= 4 is 15.4 Å². The molecule has 0 saturated heterocycles. The van der Waals surface area contributed by atoms with Crippen LogP contribution in [-0.2, 0) is 23.2 Å². The second-order valence-electron chi connectivity index (χ2n) is 4.60. The van der Waals surface area contributed by atoms with Gasteiger partial charge < -0.3 is 0 Å². The highest BCUT2D eigenvalue weighted by Gasteiger charge is 2.24. The molecule has 1 aromatic heterocycles. The Labute approximate surface area is 111 Å². The summed E-state index contributed by atoms with van der Waals surface area (Å²) in [6, 6.07) is 0. The topological polar surface area (TPSA) is 47.0 Å². The fourth-order valence-corrected chi connectivity index (χ4v) is 3.27. The van der Waals surface area contributed by atoms with Gasteiger partial charge in [-0.2, -0.15) is 0 Å². The number of pyridine rings is 1. The van der Waals surface area contributed by atoms with Crippen LogP contribution in [0, 0.1) is 0 Å². The van der Waals surface area contributed by atoms with Crippen LogP contribution in [0.15, 0.2) is 17.3 Å². The number of halogens is 2. The molecule has 6 heteroatoms. The van der Waals surface area contributed by atoms with Crippen LogP contribution < -0.4 is 0 Å². The second kappa shape index (κ2) is 5.36. The maximum atomic E-state index is 13.3. The summed E-state index contributed by atoms with van der Waals surface area (Å²) >= 11 is 0. The Bertz CT molecular complexity index is 624. The van der Waals surface area contributed by atoms with Crippen molar-refractivity contribution in [2.24, 2.45) is 0 Å². The van der Waals surface area contributed by atoms with E-state index >= 15 is 0 Å². The molecule has 0 aromatic carbocycles. The molecule has 0 saturated carbocycles. The molecule has 0 radical (unpaired) electrons. The van der Waals surface area contributed by atoms with Crippen LogP contribution in [0.4, 0.5) is 8.78 Å². The molecule has 0 fully saturated rings. The maximum Gasteiger partial charge on any atom is 0.193 e. The third-order valence-electron chi connectivity index (χ3n) is 3.21. The molecule has 0 amide bonds. The van der Waals surface area contributed by atoms with E-state index in [-0.39, 0.29) is 16.2 Å². The largest absolute Gasteiger partial charge is 0.246 e. The molecule has 0 N–H and O–H groups in total. The van der Waals surface area contributed by atoms with E-state index < -0.39 is 23.2 Å². The number of rotatable bonds is 4. The van der Waals surface area contributed by atoms with Gasteiger partial charge in [-0.25, -0.2) is 22.2 Å². The van der Waals surface area contributed by atoms with Gasteiger partial charge in [0.1, 0.15) is 13.3 Å². The highest BCUT2D eigenvalue weighted by atomic mass is 32.2. The van der Waals surface area contributed by atoms with Crippen LogP contribution in [-0.4, -0.2) is 19.7 Å². The van der Waals surface area contributed by atoms with Gasteiger partial charge in [0.15, 0.2) is 14.9 Å². The van der Waals surface area contributed by atoms with E-state index in [0.717, 1.165) is 24.7 Å². The predicted molar refractivity (Wildman–Crippen MR) is 68.8 cm³/mol. The number of hydrogen-bond acceptors (Lipinski definition) is 3. The van der Waals surface area contributed by atoms with Gasteiger partial charge in [0.05, 0.1) is 0 Å². The van der Waals surface area contributed by atoms with Gasteiger partial charge in [-0.1, -0.05) is 6.08 Å². The Morgan fingerprint density at radius 2 is 2.05 bits per heavy atom. The first-order valence-electron chi connectivity index (χ1n) is 6.01. The highest BCUT2D eigenvalue weighted by Crippen LogP contribution is 2.35. The molecule has 3 nitrogen and oxygen atoms in total. The fourth-order valence-electron chi connectivity index (χ4n) is 2.42. The Balaban J connectivity index is 2.73. The number of sulfone groups is 1. The number of alkyl halides is 2. The number of nitrogens with zero attached hydrogens (tertiary/aromatic N) is 1. The van der Waals surface area contributed by atoms with Crippen molar-refractivity contribution in [2.75, 3.05) is 6.26 Å². The zero-order chi connectivity index (χ0) is 14.0. The molecule has 0 spiro atoms. The Morgan fingerprint density at radius 3 is 2.53 bits per heavy atom. The lowest BCUT2D eigenvalue weighted by atomic mass is 9.97. The molecule has 1 heterocycles. The summed E-state index contributed by atoms with van der Waals surface area (Å²) in [5.74, 6) is 0. The maximum absolute atomic E-state index is 13.3. The van der Waals surface area contributed by atoms with Gasteiger partial charge in [-0.05, 0) is 30.4 Å². The average Bonchev–Trinajstić information content (AvgIpc) is 2.89. The SMILES string of the molecule is CS(=O)(=O)c1ncc(CF)c(C2=CCCC2)c1CF. The molecule has 2 rings (SSSR count). The first kappa shape index (κ1) is 14.1. The quantitative estimate of drug-likeness (QED) is 0.855. The van der Waals surface area contributed by atoms with Crippen molar-refractivity contribution in [1.82, 2.24) is 4.98 Å². The van der Waals surface area contributed by atoms with Crippen molar-refractivity contribution in [3.8, 4) is 0 Å². The van der Waals surface area contributed by atoms with Crippen molar-refractivity contribution in [1.29, 1.82) is 0 Å². The zero-order valence-electron chi connectivity index (χ0n) is 10.6. The van der Waals surface area contributed by atoms with Crippen LogP contribution in [0.3, 0.4) is 0 Å². The molecule has 0 aliphatic heterocycles. The van der Waals surface area contributed by atoms with E-state index in [1.165, 1.54) is 6.20 Å². The van der Waals surface area contributed by atoms with Gasteiger partial charge in [0, 0.05) is 23.6 Å². The minimum absolute atomic E-state index is 0.00852. The summed E-state index contributed by atoms with van der Waals surface area (Å²) in [5.41, 5.74) is 1.48. The van der Waals surface area contributed by atoms with Gasteiger partial charge in [-0.3, -0.25) is 0 Å². The molecular formula is C13H15F2NO2S. The second-order valence-corrected chi connectivity index (χ2v) is 6.53. The van der Waals surface area contributed by atoms with Gasteiger partial charge in [0.25, 0.3) is 0 Å². The third kappa shape index (κ3) is 2.68. The Morgan fingerprint density at radius 1 is 1.32 bits per heavy atom. The van der Waals surface area contributed by atoms with Gasteiger partial charge in [-0.15, -0.1) is 0 Å². The molecule has 0 unspecified atom stereocenters. The molecule has 0 bridgehead atoms. The molecule has 1 aliphatic carbocycles. The Kier molecular flexibility index (Phi) is 3.99. The lowest BCUT2D eigenvalue weighted by Gasteiger charge is -2.15. The van der Waals surface area contributed by atoms with E-state index in [1.54, 1.807) is 0 Å². The first-order valence-corrected chi connectivity index (χ1v) is 7.90.